The lowest BCUT2D eigenvalue weighted by Crippen LogP contribution is -2.26. The molecule has 6 nitrogen and oxygen atoms in total. The van der Waals surface area contributed by atoms with Gasteiger partial charge >= 0.3 is 5.97 Å². The maximum Gasteiger partial charge on any atom is 0.336 e. The molecule has 0 aromatic rings. The minimum Gasteiger partial charge on any atom is -0.463 e. The van der Waals surface area contributed by atoms with Crippen LogP contribution in [0.15, 0.2) is 0 Å². The Kier molecular flexibility index (Phi) is 5.12. The Hall–Kier alpha value is -1.13. The Morgan fingerprint density at radius 3 is 2.57 bits per heavy atom. The summed E-state index contributed by atoms with van der Waals surface area (Å²) in [6, 6.07) is 1.77. The summed E-state index contributed by atoms with van der Waals surface area (Å²) in [4.78, 5) is 11.0. The number of carbonyl (C=O) groups excluding carboxylic acids is 1. The Morgan fingerprint density at radius 1 is 1.57 bits per heavy atom. The maximum atomic E-state index is 11.0. The summed E-state index contributed by atoms with van der Waals surface area (Å²) in [6.07, 6.45) is -0.271. The molecule has 0 amide bonds. The summed E-state index contributed by atoms with van der Waals surface area (Å²) in [7, 11) is -3.66. The molecule has 0 radical (unpaired) electrons. The number of rotatable bonds is 5. The SMILES string of the molecule is CC(OS(C)(=O)=O)C(=O)OCCC#N. The molecule has 7 heteroatoms. The van der Waals surface area contributed by atoms with Gasteiger partial charge in [-0.2, -0.15) is 13.7 Å². The van der Waals surface area contributed by atoms with Crippen molar-refractivity contribution in [1.29, 1.82) is 5.26 Å². The molecule has 0 rings (SSSR count). The van der Waals surface area contributed by atoms with E-state index < -0.39 is 22.2 Å². The molecule has 0 fully saturated rings. The summed E-state index contributed by atoms with van der Waals surface area (Å²) >= 11 is 0. The number of hydrogen-bond donors (Lipinski definition) is 0. The molecule has 1 unspecified atom stereocenters. The van der Waals surface area contributed by atoms with Crippen LogP contribution in [0, 0.1) is 11.3 Å². The molecule has 0 aromatic heterocycles. The van der Waals surface area contributed by atoms with Crippen LogP contribution in [0.25, 0.3) is 0 Å². The fourth-order valence-corrected chi connectivity index (χ4v) is 1.22. The van der Waals surface area contributed by atoms with Crippen LogP contribution < -0.4 is 0 Å². The first-order valence-corrected chi connectivity index (χ1v) is 5.60. The van der Waals surface area contributed by atoms with Gasteiger partial charge in [-0.1, -0.05) is 0 Å². The van der Waals surface area contributed by atoms with E-state index in [1.165, 1.54) is 6.92 Å². The minimum absolute atomic E-state index is 0.0627. The van der Waals surface area contributed by atoms with Crippen LogP contribution in [-0.2, 0) is 23.8 Å². The highest BCUT2D eigenvalue weighted by Crippen LogP contribution is 1.99. The molecule has 0 aromatic carbocycles. The zero-order valence-electron chi connectivity index (χ0n) is 7.89. The fourth-order valence-electron chi connectivity index (χ4n) is 0.616. The van der Waals surface area contributed by atoms with Gasteiger partial charge in [0.2, 0.25) is 0 Å². The Labute approximate surface area is 82.5 Å². The predicted octanol–water partition coefficient (Wildman–Crippen LogP) is -0.192. The molecular weight excluding hydrogens is 210 g/mol. The van der Waals surface area contributed by atoms with Gasteiger partial charge in [-0.15, -0.1) is 0 Å². The van der Waals surface area contributed by atoms with Gasteiger partial charge in [-0.05, 0) is 6.92 Å². The normalized spacial score (nSPS) is 12.9. The average Bonchev–Trinajstić information content (AvgIpc) is 2.01. The van der Waals surface area contributed by atoms with Gasteiger partial charge in [0, 0.05) is 0 Å². The second-order valence-electron chi connectivity index (χ2n) is 2.52. The fraction of sp³-hybridized carbons (Fsp3) is 0.714. The number of hydrogen-bond acceptors (Lipinski definition) is 6. The number of nitriles is 1. The molecule has 0 saturated heterocycles. The van der Waals surface area contributed by atoms with Crippen LogP contribution in [0.5, 0.6) is 0 Å². The van der Waals surface area contributed by atoms with E-state index in [4.69, 9.17) is 5.26 Å². The summed E-state index contributed by atoms with van der Waals surface area (Å²) in [5.74, 6) is -0.800. The van der Waals surface area contributed by atoms with Gasteiger partial charge in [0.05, 0.1) is 18.7 Å². The molecule has 0 aliphatic carbocycles. The average molecular weight is 221 g/mol. The van der Waals surface area contributed by atoms with Crippen LogP contribution in [-0.4, -0.2) is 33.4 Å². The lowest BCUT2D eigenvalue weighted by Gasteiger charge is -2.09. The van der Waals surface area contributed by atoms with Crippen LogP contribution in [0.2, 0.25) is 0 Å². The van der Waals surface area contributed by atoms with Crippen molar-refractivity contribution < 1.29 is 22.1 Å². The highest BCUT2D eigenvalue weighted by atomic mass is 32.2. The standard InChI is InChI=1S/C7H11NO5S/c1-6(13-14(2,10)11)7(9)12-5-3-4-8/h6H,3,5H2,1-2H3. The van der Waals surface area contributed by atoms with E-state index >= 15 is 0 Å². The first-order valence-electron chi connectivity index (χ1n) is 3.78. The Bertz CT molecular complexity index is 328. The van der Waals surface area contributed by atoms with E-state index in [0.29, 0.717) is 0 Å². The predicted molar refractivity (Wildman–Crippen MR) is 46.6 cm³/mol. The number of nitrogens with zero attached hydrogens (tertiary/aromatic N) is 1. The molecule has 0 heterocycles. The van der Waals surface area contributed by atoms with E-state index in [2.05, 4.69) is 8.92 Å². The Morgan fingerprint density at radius 2 is 2.14 bits per heavy atom. The molecule has 0 bridgehead atoms. The molecular formula is C7H11NO5S. The first kappa shape index (κ1) is 12.9. The third-order valence-electron chi connectivity index (χ3n) is 1.11. The van der Waals surface area contributed by atoms with Crippen molar-refractivity contribution in [3.63, 3.8) is 0 Å². The van der Waals surface area contributed by atoms with E-state index in [0.717, 1.165) is 6.26 Å². The lowest BCUT2D eigenvalue weighted by atomic mass is 10.4. The third-order valence-corrected chi connectivity index (χ3v) is 1.75. The number of ether oxygens (including phenoxy) is 1. The van der Waals surface area contributed by atoms with Crippen molar-refractivity contribution >= 4 is 16.1 Å². The first-order chi connectivity index (χ1) is 6.37. The maximum absolute atomic E-state index is 11.0. The molecule has 80 valence electrons. The van der Waals surface area contributed by atoms with Gasteiger partial charge in [0.25, 0.3) is 10.1 Å². The summed E-state index contributed by atoms with van der Waals surface area (Å²) in [6.45, 7) is 1.20. The van der Waals surface area contributed by atoms with Gasteiger partial charge in [-0.25, -0.2) is 4.79 Å². The highest BCUT2D eigenvalue weighted by molar-refractivity contribution is 7.86. The van der Waals surface area contributed by atoms with E-state index in [1.807, 2.05) is 0 Å². The number of esters is 1. The zero-order chi connectivity index (χ0) is 11.2. The quantitative estimate of drug-likeness (QED) is 0.363. The minimum atomic E-state index is -3.66. The van der Waals surface area contributed by atoms with Gasteiger partial charge in [-0.3, -0.25) is 4.18 Å². The van der Waals surface area contributed by atoms with Crippen molar-refractivity contribution in [2.24, 2.45) is 0 Å². The summed E-state index contributed by atoms with van der Waals surface area (Å²) in [5.41, 5.74) is 0. The second-order valence-corrected chi connectivity index (χ2v) is 4.12. The molecule has 14 heavy (non-hydrogen) atoms. The van der Waals surface area contributed by atoms with E-state index in [-0.39, 0.29) is 13.0 Å². The molecule has 0 aliphatic heterocycles. The monoisotopic (exact) mass is 221 g/mol. The van der Waals surface area contributed by atoms with Gasteiger partial charge < -0.3 is 4.74 Å². The van der Waals surface area contributed by atoms with E-state index in [9.17, 15) is 13.2 Å². The summed E-state index contributed by atoms with van der Waals surface area (Å²) < 4.78 is 30.1. The highest BCUT2D eigenvalue weighted by Gasteiger charge is 2.19. The number of carbonyl (C=O) groups is 1. The molecule has 0 aliphatic rings. The van der Waals surface area contributed by atoms with Crippen LogP contribution >= 0.6 is 0 Å². The van der Waals surface area contributed by atoms with Gasteiger partial charge in [0.1, 0.15) is 6.61 Å². The van der Waals surface area contributed by atoms with Crippen molar-refractivity contribution in [2.45, 2.75) is 19.4 Å². The molecule has 0 spiro atoms. The van der Waals surface area contributed by atoms with E-state index in [1.54, 1.807) is 6.07 Å². The second kappa shape index (κ2) is 5.57. The zero-order valence-corrected chi connectivity index (χ0v) is 8.70. The smallest absolute Gasteiger partial charge is 0.336 e. The molecule has 0 saturated carbocycles. The molecule has 0 N–H and O–H groups in total. The van der Waals surface area contributed by atoms with Crippen molar-refractivity contribution in [2.75, 3.05) is 12.9 Å². The summed E-state index contributed by atoms with van der Waals surface area (Å²) in [5, 5.41) is 8.14. The Balaban J connectivity index is 3.96. The largest absolute Gasteiger partial charge is 0.463 e. The van der Waals surface area contributed by atoms with Crippen molar-refractivity contribution in [3.8, 4) is 6.07 Å². The van der Waals surface area contributed by atoms with Crippen molar-refractivity contribution in [1.82, 2.24) is 0 Å². The molecule has 1 atom stereocenters. The van der Waals surface area contributed by atoms with Crippen LogP contribution in [0.4, 0.5) is 0 Å². The van der Waals surface area contributed by atoms with Crippen molar-refractivity contribution in [3.05, 3.63) is 0 Å². The van der Waals surface area contributed by atoms with Crippen LogP contribution in [0.1, 0.15) is 13.3 Å². The van der Waals surface area contributed by atoms with Gasteiger partial charge in [0.15, 0.2) is 6.10 Å². The third kappa shape index (κ3) is 6.39. The topological polar surface area (TPSA) is 93.5 Å². The van der Waals surface area contributed by atoms with Crippen LogP contribution in [0.3, 0.4) is 0 Å². The lowest BCUT2D eigenvalue weighted by molar-refractivity contribution is -0.150.